The van der Waals surface area contributed by atoms with Crippen molar-refractivity contribution in [2.75, 3.05) is 0 Å². The van der Waals surface area contributed by atoms with Gasteiger partial charge in [0.1, 0.15) is 5.60 Å². The summed E-state index contributed by atoms with van der Waals surface area (Å²) in [6.45, 7) is 5.66. The molecule has 0 amide bonds. The highest BCUT2D eigenvalue weighted by atomic mass is 16.6. The molecule has 0 aliphatic heterocycles. The molecule has 0 atom stereocenters. The molecule has 16 heavy (non-hydrogen) atoms. The van der Waals surface area contributed by atoms with Crippen LogP contribution in [0.3, 0.4) is 0 Å². The fourth-order valence-electron chi connectivity index (χ4n) is 1.81. The number of rotatable bonds is 3. The topological polar surface area (TPSA) is 26.3 Å². The lowest BCUT2D eigenvalue weighted by atomic mass is 9.82. The maximum Gasteiger partial charge on any atom is 0.338 e. The van der Waals surface area contributed by atoms with Crippen LogP contribution in [-0.2, 0) is 4.74 Å². The van der Waals surface area contributed by atoms with Crippen LogP contribution in [0.1, 0.15) is 42.1 Å². The molecule has 0 bridgehead atoms. The van der Waals surface area contributed by atoms with Crippen LogP contribution in [0.4, 0.5) is 0 Å². The summed E-state index contributed by atoms with van der Waals surface area (Å²) in [7, 11) is 0. The van der Waals surface area contributed by atoms with E-state index in [1.54, 1.807) is 18.2 Å². The molecule has 2 nitrogen and oxygen atoms in total. The second kappa shape index (κ2) is 4.12. The minimum atomic E-state index is -0.228. The third kappa shape index (κ3) is 2.16. The monoisotopic (exact) mass is 216 g/mol. The van der Waals surface area contributed by atoms with Crippen LogP contribution in [0.2, 0.25) is 0 Å². The Labute approximate surface area is 95.9 Å². The first-order valence-corrected chi connectivity index (χ1v) is 5.59. The van der Waals surface area contributed by atoms with Crippen LogP contribution < -0.4 is 0 Å². The second-order valence-corrected chi connectivity index (χ2v) is 4.52. The van der Waals surface area contributed by atoms with E-state index in [0.717, 1.165) is 24.8 Å². The summed E-state index contributed by atoms with van der Waals surface area (Å²) in [5, 5.41) is 0. The average molecular weight is 216 g/mol. The van der Waals surface area contributed by atoms with Crippen LogP contribution in [-0.4, -0.2) is 11.6 Å². The van der Waals surface area contributed by atoms with E-state index in [-0.39, 0.29) is 11.6 Å². The fourth-order valence-corrected chi connectivity index (χ4v) is 1.81. The molecule has 1 saturated carbocycles. The second-order valence-electron chi connectivity index (χ2n) is 4.52. The highest BCUT2D eigenvalue weighted by molar-refractivity contribution is 5.90. The maximum atomic E-state index is 11.8. The van der Waals surface area contributed by atoms with Gasteiger partial charge in [-0.1, -0.05) is 24.8 Å². The molecular weight excluding hydrogens is 200 g/mol. The molecule has 0 aromatic heterocycles. The SMILES string of the molecule is C=Cc1ccc(C(=O)OC2(C)CCC2)cc1. The highest BCUT2D eigenvalue weighted by Crippen LogP contribution is 2.35. The smallest absolute Gasteiger partial charge is 0.338 e. The van der Waals surface area contributed by atoms with Gasteiger partial charge in [0, 0.05) is 0 Å². The van der Waals surface area contributed by atoms with E-state index in [1.807, 2.05) is 19.1 Å². The lowest BCUT2D eigenvalue weighted by molar-refractivity contribution is -0.0498. The molecule has 0 radical (unpaired) electrons. The van der Waals surface area contributed by atoms with Gasteiger partial charge in [-0.25, -0.2) is 4.79 Å². The molecular formula is C14H16O2. The molecule has 1 aromatic rings. The molecule has 1 aliphatic carbocycles. The lowest BCUT2D eigenvalue weighted by Crippen LogP contribution is -2.38. The van der Waals surface area contributed by atoms with Crippen LogP contribution in [0.15, 0.2) is 30.8 Å². The predicted octanol–water partition coefficient (Wildman–Crippen LogP) is 3.43. The molecule has 1 aromatic carbocycles. The first-order valence-electron chi connectivity index (χ1n) is 5.59. The van der Waals surface area contributed by atoms with Crippen LogP contribution >= 0.6 is 0 Å². The molecule has 84 valence electrons. The molecule has 0 unspecified atom stereocenters. The molecule has 1 aliphatic rings. The van der Waals surface area contributed by atoms with Crippen molar-refractivity contribution in [1.29, 1.82) is 0 Å². The van der Waals surface area contributed by atoms with E-state index in [2.05, 4.69) is 6.58 Å². The van der Waals surface area contributed by atoms with Gasteiger partial charge in [0.15, 0.2) is 0 Å². The molecule has 0 saturated heterocycles. The number of hydrogen-bond donors (Lipinski definition) is 0. The van der Waals surface area contributed by atoms with Crippen molar-refractivity contribution in [2.45, 2.75) is 31.8 Å². The van der Waals surface area contributed by atoms with E-state index in [1.165, 1.54) is 0 Å². The van der Waals surface area contributed by atoms with Crippen molar-refractivity contribution in [2.24, 2.45) is 0 Å². The summed E-state index contributed by atoms with van der Waals surface area (Å²) in [5.74, 6) is -0.224. The molecule has 0 spiro atoms. The summed E-state index contributed by atoms with van der Waals surface area (Å²) < 4.78 is 5.47. The lowest BCUT2D eigenvalue weighted by Gasteiger charge is -2.37. The third-order valence-corrected chi connectivity index (χ3v) is 3.13. The Balaban J connectivity index is 2.05. The average Bonchev–Trinajstić information content (AvgIpc) is 2.27. The number of carbonyl (C=O) groups is 1. The Morgan fingerprint density at radius 3 is 2.44 bits per heavy atom. The van der Waals surface area contributed by atoms with Gasteiger partial charge in [0.05, 0.1) is 5.56 Å². The van der Waals surface area contributed by atoms with Crippen molar-refractivity contribution < 1.29 is 9.53 Å². The summed E-state index contributed by atoms with van der Waals surface area (Å²) in [6.07, 6.45) is 4.86. The third-order valence-electron chi connectivity index (χ3n) is 3.13. The normalized spacial score (nSPS) is 17.3. The minimum absolute atomic E-state index is 0.224. The summed E-state index contributed by atoms with van der Waals surface area (Å²) in [4.78, 5) is 11.8. The fraction of sp³-hybridized carbons (Fsp3) is 0.357. The van der Waals surface area contributed by atoms with Crippen molar-refractivity contribution in [3.05, 3.63) is 42.0 Å². The van der Waals surface area contributed by atoms with Gasteiger partial charge in [0.25, 0.3) is 0 Å². The summed E-state index contributed by atoms with van der Waals surface area (Å²) in [5.41, 5.74) is 1.39. The zero-order chi connectivity index (χ0) is 11.6. The number of benzene rings is 1. The Morgan fingerprint density at radius 2 is 2.00 bits per heavy atom. The quantitative estimate of drug-likeness (QED) is 0.723. The predicted molar refractivity (Wildman–Crippen MR) is 64.2 cm³/mol. The first kappa shape index (κ1) is 10.9. The van der Waals surface area contributed by atoms with Gasteiger partial charge in [0.2, 0.25) is 0 Å². The van der Waals surface area contributed by atoms with Crippen LogP contribution in [0.5, 0.6) is 0 Å². The van der Waals surface area contributed by atoms with Gasteiger partial charge in [-0.2, -0.15) is 0 Å². The standard InChI is InChI=1S/C14H16O2/c1-3-11-5-7-12(8-6-11)13(15)16-14(2)9-4-10-14/h3,5-8H,1,4,9-10H2,2H3. The molecule has 1 fully saturated rings. The minimum Gasteiger partial charge on any atom is -0.456 e. The van der Waals surface area contributed by atoms with E-state index in [9.17, 15) is 4.79 Å². The largest absolute Gasteiger partial charge is 0.456 e. The van der Waals surface area contributed by atoms with Gasteiger partial charge in [-0.15, -0.1) is 0 Å². The van der Waals surface area contributed by atoms with E-state index in [4.69, 9.17) is 4.74 Å². The molecule has 2 heteroatoms. The number of ether oxygens (including phenoxy) is 1. The molecule has 0 heterocycles. The van der Waals surface area contributed by atoms with Crippen molar-refractivity contribution >= 4 is 12.0 Å². The Bertz CT molecular complexity index is 399. The number of esters is 1. The summed E-state index contributed by atoms with van der Waals surface area (Å²) >= 11 is 0. The first-order chi connectivity index (χ1) is 7.63. The van der Waals surface area contributed by atoms with Crippen LogP contribution in [0.25, 0.3) is 6.08 Å². The van der Waals surface area contributed by atoms with E-state index in [0.29, 0.717) is 5.56 Å². The van der Waals surface area contributed by atoms with Gasteiger partial charge < -0.3 is 4.74 Å². The van der Waals surface area contributed by atoms with Gasteiger partial charge in [-0.05, 0) is 43.9 Å². The van der Waals surface area contributed by atoms with Gasteiger partial charge >= 0.3 is 5.97 Å². The van der Waals surface area contributed by atoms with Gasteiger partial charge in [-0.3, -0.25) is 0 Å². The Hall–Kier alpha value is -1.57. The number of carbonyl (C=O) groups excluding carboxylic acids is 1. The Kier molecular flexibility index (Phi) is 2.82. The molecule has 2 rings (SSSR count). The maximum absolute atomic E-state index is 11.8. The Morgan fingerprint density at radius 1 is 1.38 bits per heavy atom. The van der Waals surface area contributed by atoms with Crippen molar-refractivity contribution in [3.8, 4) is 0 Å². The van der Waals surface area contributed by atoms with E-state index >= 15 is 0 Å². The van der Waals surface area contributed by atoms with Crippen molar-refractivity contribution in [1.82, 2.24) is 0 Å². The van der Waals surface area contributed by atoms with Crippen molar-refractivity contribution in [3.63, 3.8) is 0 Å². The summed E-state index contributed by atoms with van der Waals surface area (Å²) in [6, 6.07) is 7.29. The van der Waals surface area contributed by atoms with E-state index < -0.39 is 0 Å². The number of hydrogen-bond acceptors (Lipinski definition) is 2. The van der Waals surface area contributed by atoms with Crippen LogP contribution in [0, 0.1) is 0 Å². The molecule has 0 N–H and O–H groups in total. The zero-order valence-electron chi connectivity index (χ0n) is 9.53. The zero-order valence-corrected chi connectivity index (χ0v) is 9.53. The highest BCUT2D eigenvalue weighted by Gasteiger charge is 2.35.